The first-order chi connectivity index (χ1) is 9.67. The van der Waals surface area contributed by atoms with Crippen LogP contribution in [0.2, 0.25) is 0 Å². The van der Waals surface area contributed by atoms with E-state index in [0.29, 0.717) is 6.04 Å². The number of hydrogen-bond donors (Lipinski definition) is 1. The zero-order chi connectivity index (χ0) is 14.1. The zero-order valence-electron chi connectivity index (χ0n) is 13.8. The molecule has 2 nitrogen and oxygen atoms in total. The van der Waals surface area contributed by atoms with Crippen molar-refractivity contribution in [2.24, 2.45) is 23.7 Å². The topological polar surface area (TPSA) is 15.3 Å². The minimum Gasteiger partial charge on any atom is -0.311 e. The van der Waals surface area contributed by atoms with E-state index in [2.05, 4.69) is 31.0 Å². The first kappa shape index (κ1) is 14.8. The summed E-state index contributed by atoms with van der Waals surface area (Å²) in [7, 11) is 0. The highest BCUT2D eigenvalue weighted by Crippen LogP contribution is 2.49. The van der Waals surface area contributed by atoms with Crippen LogP contribution in [-0.2, 0) is 0 Å². The van der Waals surface area contributed by atoms with Gasteiger partial charge >= 0.3 is 0 Å². The van der Waals surface area contributed by atoms with Crippen molar-refractivity contribution in [2.45, 2.75) is 71.4 Å². The highest BCUT2D eigenvalue weighted by Gasteiger charge is 2.42. The fourth-order valence-electron chi connectivity index (χ4n) is 5.35. The van der Waals surface area contributed by atoms with Crippen molar-refractivity contribution in [3.8, 4) is 0 Å². The van der Waals surface area contributed by atoms with Crippen molar-refractivity contribution in [2.75, 3.05) is 19.6 Å². The van der Waals surface area contributed by atoms with Gasteiger partial charge in [-0.05, 0) is 89.3 Å². The van der Waals surface area contributed by atoms with E-state index in [1.807, 2.05) is 0 Å². The maximum Gasteiger partial charge on any atom is 0.00723 e. The standard InChI is InChI=1S/C18H34N2/c1-4-20-9-7-16(8-10-20)13(2)19-14(3)18-12-15-5-6-17(18)11-15/h13-19H,4-12H2,1-3H3. The Morgan fingerprint density at radius 3 is 2.30 bits per heavy atom. The number of fused-ring (bicyclic) bond motifs is 2. The van der Waals surface area contributed by atoms with Crippen LogP contribution in [0.4, 0.5) is 0 Å². The van der Waals surface area contributed by atoms with E-state index in [0.717, 1.165) is 29.7 Å². The van der Waals surface area contributed by atoms with Gasteiger partial charge in [0.1, 0.15) is 0 Å². The Morgan fingerprint density at radius 2 is 1.75 bits per heavy atom. The summed E-state index contributed by atoms with van der Waals surface area (Å²) in [6, 6.07) is 1.45. The molecular formula is C18H34N2. The van der Waals surface area contributed by atoms with Crippen LogP contribution < -0.4 is 5.32 Å². The van der Waals surface area contributed by atoms with Gasteiger partial charge in [-0.1, -0.05) is 13.3 Å². The van der Waals surface area contributed by atoms with Gasteiger partial charge in [0.2, 0.25) is 0 Å². The third kappa shape index (κ3) is 3.06. The lowest BCUT2D eigenvalue weighted by Gasteiger charge is -2.37. The van der Waals surface area contributed by atoms with E-state index in [9.17, 15) is 0 Å². The van der Waals surface area contributed by atoms with Gasteiger partial charge < -0.3 is 10.2 Å². The second-order valence-corrected chi connectivity index (χ2v) is 7.85. The van der Waals surface area contributed by atoms with Gasteiger partial charge in [0.05, 0.1) is 0 Å². The van der Waals surface area contributed by atoms with Gasteiger partial charge in [-0.3, -0.25) is 0 Å². The maximum absolute atomic E-state index is 3.99. The van der Waals surface area contributed by atoms with E-state index >= 15 is 0 Å². The largest absolute Gasteiger partial charge is 0.311 e. The predicted molar refractivity (Wildman–Crippen MR) is 85.8 cm³/mol. The summed E-state index contributed by atoms with van der Waals surface area (Å²) in [4.78, 5) is 2.60. The quantitative estimate of drug-likeness (QED) is 0.828. The van der Waals surface area contributed by atoms with E-state index in [1.54, 1.807) is 6.42 Å². The number of nitrogens with zero attached hydrogens (tertiary/aromatic N) is 1. The fraction of sp³-hybridized carbons (Fsp3) is 1.00. The molecule has 0 aromatic carbocycles. The van der Waals surface area contributed by atoms with Crippen LogP contribution in [0.25, 0.3) is 0 Å². The molecule has 3 rings (SSSR count). The van der Waals surface area contributed by atoms with Crippen molar-refractivity contribution < 1.29 is 0 Å². The van der Waals surface area contributed by atoms with E-state index in [1.165, 1.54) is 51.7 Å². The Bertz CT molecular complexity index is 309. The summed E-state index contributed by atoms with van der Waals surface area (Å²) in [6.07, 6.45) is 8.89. The Balaban J connectivity index is 1.45. The van der Waals surface area contributed by atoms with Gasteiger partial charge in [-0.15, -0.1) is 0 Å². The molecule has 1 N–H and O–H groups in total. The lowest BCUT2D eigenvalue weighted by Crippen LogP contribution is -2.47. The summed E-state index contributed by atoms with van der Waals surface area (Å²) < 4.78 is 0. The smallest absolute Gasteiger partial charge is 0.00723 e. The normalized spacial score (nSPS) is 38.2. The lowest BCUT2D eigenvalue weighted by atomic mass is 9.82. The van der Waals surface area contributed by atoms with E-state index in [4.69, 9.17) is 0 Å². The predicted octanol–water partition coefficient (Wildman–Crippen LogP) is 3.52. The van der Waals surface area contributed by atoms with Gasteiger partial charge in [0.25, 0.3) is 0 Å². The first-order valence-corrected chi connectivity index (χ1v) is 9.15. The maximum atomic E-state index is 3.99. The highest BCUT2D eigenvalue weighted by molar-refractivity contribution is 4.95. The van der Waals surface area contributed by atoms with Crippen LogP contribution in [0, 0.1) is 23.7 Å². The average Bonchev–Trinajstić information content (AvgIpc) is 3.10. The summed E-state index contributed by atoms with van der Waals surface area (Å²) in [6.45, 7) is 11.1. The molecule has 5 atom stereocenters. The molecular weight excluding hydrogens is 244 g/mol. The van der Waals surface area contributed by atoms with Gasteiger partial charge in [-0.2, -0.15) is 0 Å². The average molecular weight is 278 g/mol. The third-order valence-corrected chi connectivity index (χ3v) is 6.75. The van der Waals surface area contributed by atoms with Crippen LogP contribution in [0.1, 0.15) is 59.3 Å². The molecule has 1 aliphatic heterocycles. The highest BCUT2D eigenvalue weighted by atomic mass is 15.1. The van der Waals surface area contributed by atoms with Crippen molar-refractivity contribution in [3.05, 3.63) is 0 Å². The van der Waals surface area contributed by atoms with Crippen LogP contribution in [0.15, 0.2) is 0 Å². The van der Waals surface area contributed by atoms with Crippen LogP contribution in [-0.4, -0.2) is 36.6 Å². The molecule has 1 saturated heterocycles. The van der Waals surface area contributed by atoms with Crippen molar-refractivity contribution in [1.82, 2.24) is 10.2 Å². The van der Waals surface area contributed by atoms with Gasteiger partial charge in [0, 0.05) is 12.1 Å². The van der Waals surface area contributed by atoms with E-state index < -0.39 is 0 Å². The van der Waals surface area contributed by atoms with Crippen molar-refractivity contribution in [3.63, 3.8) is 0 Å². The number of rotatable bonds is 5. The molecule has 2 saturated carbocycles. The molecule has 2 bridgehead atoms. The molecule has 20 heavy (non-hydrogen) atoms. The molecule has 3 fully saturated rings. The second-order valence-electron chi connectivity index (χ2n) is 7.85. The zero-order valence-corrected chi connectivity index (χ0v) is 13.8. The Labute approximate surface area is 125 Å². The third-order valence-electron chi connectivity index (χ3n) is 6.75. The summed E-state index contributed by atoms with van der Waals surface area (Å²) in [5.41, 5.74) is 0. The van der Waals surface area contributed by atoms with Crippen LogP contribution in [0.5, 0.6) is 0 Å². The fourth-order valence-corrected chi connectivity index (χ4v) is 5.35. The van der Waals surface area contributed by atoms with Crippen LogP contribution in [0.3, 0.4) is 0 Å². The van der Waals surface area contributed by atoms with Gasteiger partial charge in [-0.25, -0.2) is 0 Å². The Kier molecular flexibility index (Phi) is 4.72. The van der Waals surface area contributed by atoms with Crippen molar-refractivity contribution >= 4 is 0 Å². The number of piperidine rings is 1. The minimum absolute atomic E-state index is 0.711. The second kappa shape index (κ2) is 6.36. The van der Waals surface area contributed by atoms with Gasteiger partial charge in [0.15, 0.2) is 0 Å². The molecule has 0 aromatic heterocycles. The number of hydrogen-bond acceptors (Lipinski definition) is 2. The number of likely N-dealkylation sites (tertiary alicyclic amines) is 1. The van der Waals surface area contributed by atoms with Crippen LogP contribution >= 0.6 is 0 Å². The lowest BCUT2D eigenvalue weighted by molar-refractivity contribution is 0.153. The summed E-state index contributed by atoms with van der Waals surface area (Å²) in [5, 5.41) is 3.99. The molecule has 0 aromatic rings. The molecule has 0 radical (unpaired) electrons. The Hall–Kier alpha value is -0.0800. The monoisotopic (exact) mass is 278 g/mol. The molecule has 116 valence electrons. The molecule has 5 unspecified atom stereocenters. The molecule has 3 aliphatic rings. The Morgan fingerprint density at radius 1 is 1.00 bits per heavy atom. The first-order valence-electron chi connectivity index (χ1n) is 9.15. The molecule has 1 heterocycles. The molecule has 2 heteroatoms. The summed E-state index contributed by atoms with van der Waals surface area (Å²) >= 11 is 0. The molecule has 2 aliphatic carbocycles. The SMILES string of the molecule is CCN1CCC(C(C)NC(C)C2CC3CCC2C3)CC1. The number of nitrogens with one attached hydrogen (secondary N) is 1. The minimum atomic E-state index is 0.711. The van der Waals surface area contributed by atoms with E-state index in [-0.39, 0.29) is 0 Å². The summed E-state index contributed by atoms with van der Waals surface area (Å²) in [5.74, 6) is 4.01. The molecule has 0 spiro atoms. The molecule has 0 amide bonds. The van der Waals surface area contributed by atoms with Crippen molar-refractivity contribution in [1.29, 1.82) is 0 Å².